The van der Waals surface area contributed by atoms with Gasteiger partial charge in [-0.3, -0.25) is 14.4 Å². The smallest absolute Gasteiger partial charge is 0.243 e. The molecule has 1 amide bonds. The lowest BCUT2D eigenvalue weighted by molar-refractivity contribution is -0.117. The van der Waals surface area contributed by atoms with E-state index < -0.39 is 20.0 Å². The zero-order chi connectivity index (χ0) is 24.2. The van der Waals surface area contributed by atoms with Crippen molar-refractivity contribution in [2.24, 2.45) is 0 Å². The van der Waals surface area contributed by atoms with Crippen LogP contribution >= 0.6 is 0 Å². The van der Waals surface area contributed by atoms with Crippen LogP contribution in [0.2, 0.25) is 0 Å². The monoisotopic (exact) mass is 496 g/mol. The minimum atomic E-state index is -3.57. The first kappa shape index (κ1) is 25.0. The molecule has 1 heterocycles. The topological polar surface area (TPSA) is 125 Å². The van der Waals surface area contributed by atoms with Crippen molar-refractivity contribution in [2.75, 3.05) is 56.1 Å². The van der Waals surface area contributed by atoms with E-state index in [4.69, 9.17) is 4.74 Å². The van der Waals surface area contributed by atoms with Crippen molar-refractivity contribution in [3.8, 4) is 5.75 Å². The van der Waals surface area contributed by atoms with Crippen LogP contribution < -0.4 is 14.8 Å². The Kier molecular flexibility index (Phi) is 7.62. The number of anilines is 2. The summed E-state index contributed by atoms with van der Waals surface area (Å²) >= 11 is 0. The van der Waals surface area contributed by atoms with Gasteiger partial charge in [0.1, 0.15) is 5.75 Å². The second kappa shape index (κ2) is 10.1. The minimum absolute atomic E-state index is 0.0826. The molecule has 3 rings (SSSR count). The number of nitrogens with one attached hydrogen (secondary N) is 2. The van der Waals surface area contributed by atoms with Crippen molar-refractivity contribution in [2.45, 2.75) is 11.8 Å². The normalized spacial score (nSPS) is 15.7. The molecule has 1 fully saturated rings. The Balaban J connectivity index is 1.57. The zero-order valence-electron chi connectivity index (χ0n) is 18.7. The lowest BCUT2D eigenvalue weighted by atomic mass is 10.2. The number of carbonyl (C=O) groups is 1. The number of hydrogen-bond donors (Lipinski definition) is 2. The Labute approximate surface area is 194 Å². The highest BCUT2D eigenvalue weighted by atomic mass is 32.2. The molecule has 2 aromatic rings. The predicted octanol–water partition coefficient (Wildman–Crippen LogP) is 1.32. The second-order valence-electron chi connectivity index (χ2n) is 7.83. The number of hydrogen-bond acceptors (Lipinski definition) is 7. The van der Waals surface area contributed by atoms with Gasteiger partial charge in [0, 0.05) is 31.9 Å². The average Bonchev–Trinajstić information content (AvgIpc) is 2.73. The number of rotatable bonds is 8. The van der Waals surface area contributed by atoms with Crippen LogP contribution in [0.1, 0.15) is 5.56 Å². The number of methoxy groups -OCH3 is 1. The Hall–Kier alpha value is -2.67. The standard InChI is InChI=1S/C21H28N4O6S2/c1-16-4-7-18(8-5-16)33(29,30)25-12-10-24(11-13-25)15-21(26)22-17-6-9-20(31-2)19(14-17)23-32(3,27)28/h4-9,14,23H,10-13,15H2,1-3H3,(H,22,26). The number of amides is 1. The van der Waals surface area contributed by atoms with Crippen LogP contribution in [0.4, 0.5) is 11.4 Å². The summed E-state index contributed by atoms with van der Waals surface area (Å²) < 4.78 is 57.7. The Morgan fingerprint density at radius 1 is 1.00 bits per heavy atom. The number of ether oxygens (including phenoxy) is 1. The maximum absolute atomic E-state index is 12.8. The molecule has 1 aliphatic heterocycles. The maximum atomic E-state index is 12.8. The average molecular weight is 497 g/mol. The van der Waals surface area contributed by atoms with E-state index in [9.17, 15) is 21.6 Å². The van der Waals surface area contributed by atoms with Crippen molar-refractivity contribution >= 4 is 37.3 Å². The quantitative estimate of drug-likeness (QED) is 0.565. The van der Waals surface area contributed by atoms with E-state index in [1.807, 2.05) is 11.8 Å². The molecule has 2 aromatic carbocycles. The van der Waals surface area contributed by atoms with Gasteiger partial charge < -0.3 is 10.1 Å². The highest BCUT2D eigenvalue weighted by molar-refractivity contribution is 7.92. The molecule has 0 saturated carbocycles. The molecule has 1 saturated heterocycles. The largest absolute Gasteiger partial charge is 0.495 e. The number of nitrogens with zero attached hydrogens (tertiary/aromatic N) is 2. The van der Waals surface area contributed by atoms with E-state index in [1.165, 1.54) is 17.5 Å². The van der Waals surface area contributed by atoms with Crippen LogP contribution in [0.3, 0.4) is 0 Å². The highest BCUT2D eigenvalue weighted by Crippen LogP contribution is 2.28. The summed E-state index contributed by atoms with van der Waals surface area (Å²) in [5.74, 6) is 0.0321. The van der Waals surface area contributed by atoms with Gasteiger partial charge in [-0.15, -0.1) is 0 Å². The summed E-state index contributed by atoms with van der Waals surface area (Å²) in [6, 6.07) is 11.4. The Morgan fingerprint density at radius 3 is 2.21 bits per heavy atom. The number of aryl methyl sites for hydroxylation is 1. The van der Waals surface area contributed by atoms with Crippen LogP contribution in [-0.2, 0) is 24.8 Å². The fourth-order valence-electron chi connectivity index (χ4n) is 3.46. The number of benzene rings is 2. The molecule has 1 aliphatic rings. The number of sulfonamides is 2. The summed E-state index contributed by atoms with van der Waals surface area (Å²) in [5.41, 5.74) is 1.61. The van der Waals surface area contributed by atoms with Gasteiger partial charge in [0.15, 0.2) is 0 Å². The first-order chi connectivity index (χ1) is 15.5. The molecule has 2 N–H and O–H groups in total. The Bertz CT molecular complexity index is 1210. The molecule has 0 radical (unpaired) electrons. The van der Waals surface area contributed by atoms with Gasteiger partial charge in [0.05, 0.1) is 30.5 Å². The molecule has 0 aliphatic carbocycles. The van der Waals surface area contributed by atoms with Crippen LogP contribution in [0.15, 0.2) is 47.4 Å². The van der Waals surface area contributed by atoms with E-state index in [0.717, 1.165) is 11.8 Å². The zero-order valence-corrected chi connectivity index (χ0v) is 20.4. The molecule has 0 bridgehead atoms. The molecule has 0 unspecified atom stereocenters. The molecular formula is C21H28N4O6S2. The van der Waals surface area contributed by atoms with Crippen LogP contribution in [-0.4, -0.2) is 78.0 Å². The first-order valence-corrected chi connectivity index (χ1v) is 13.6. The summed E-state index contributed by atoms with van der Waals surface area (Å²) in [7, 11) is -5.67. The van der Waals surface area contributed by atoms with E-state index in [1.54, 1.807) is 36.4 Å². The molecule has 0 aromatic heterocycles. The molecule has 33 heavy (non-hydrogen) atoms. The third-order valence-electron chi connectivity index (χ3n) is 5.14. The first-order valence-electron chi connectivity index (χ1n) is 10.2. The van der Waals surface area contributed by atoms with Crippen molar-refractivity contribution in [1.29, 1.82) is 0 Å². The lowest BCUT2D eigenvalue weighted by Crippen LogP contribution is -2.50. The number of carbonyl (C=O) groups excluding carboxylic acids is 1. The van der Waals surface area contributed by atoms with E-state index >= 15 is 0 Å². The van der Waals surface area contributed by atoms with Crippen LogP contribution in [0, 0.1) is 6.92 Å². The molecular weight excluding hydrogens is 468 g/mol. The van der Waals surface area contributed by atoms with Crippen molar-refractivity contribution in [3.05, 3.63) is 48.0 Å². The maximum Gasteiger partial charge on any atom is 0.243 e. The summed E-state index contributed by atoms with van der Waals surface area (Å²) in [6.07, 6.45) is 1.02. The molecule has 12 heteroatoms. The van der Waals surface area contributed by atoms with Gasteiger partial charge in [-0.05, 0) is 37.3 Å². The Morgan fingerprint density at radius 2 is 1.64 bits per heavy atom. The van der Waals surface area contributed by atoms with E-state index in [-0.39, 0.29) is 36.1 Å². The van der Waals surface area contributed by atoms with Crippen molar-refractivity contribution in [1.82, 2.24) is 9.21 Å². The van der Waals surface area contributed by atoms with Crippen molar-refractivity contribution < 1.29 is 26.4 Å². The van der Waals surface area contributed by atoms with Gasteiger partial charge in [-0.1, -0.05) is 17.7 Å². The molecule has 0 atom stereocenters. The van der Waals surface area contributed by atoms with Crippen molar-refractivity contribution in [3.63, 3.8) is 0 Å². The van der Waals surface area contributed by atoms with Gasteiger partial charge in [0.2, 0.25) is 26.0 Å². The van der Waals surface area contributed by atoms with Gasteiger partial charge in [-0.25, -0.2) is 16.8 Å². The van der Waals surface area contributed by atoms with Gasteiger partial charge >= 0.3 is 0 Å². The third kappa shape index (κ3) is 6.67. The van der Waals surface area contributed by atoms with Crippen LogP contribution in [0.25, 0.3) is 0 Å². The van der Waals surface area contributed by atoms with Crippen LogP contribution in [0.5, 0.6) is 5.75 Å². The predicted molar refractivity (Wildman–Crippen MR) is 126 cm³/mol. The van der Waals surface area contributed by atoms with E-state index in [2.05, 4.69) is 10.0 Å². The lowest BCUT2D eigenvalue weighted by Gasteiger charge is -2.33. The fraction of sp³-hybridized carbons (Fsp3) is 0.381. The SMILES string of the molecule is COc1ccc(NC(=O)CN2CCN(S(=O)(=O)c3ccc(C)cc3)CC2)cc1NS(C)(=O)=O. The third-order valence-corrected chi connectivity index (χ3v) is 7.64. The van der Waals surface area contributed by atoms with Gasteiger partial charge in [0.25, 0.3) is 0 Å². The molecule has 0 spiro atoms. The molecule has 180 valence electrons. The summed E-state index contributed by atoms with van der Waals surface area (Å²) in [5, 5.41) is 2.74. The fourth-order valence-corrected chi connectivity index (χ4v) is 5.44. The second-order valence-corrected chi connectivity index (χ2v) is 11.5. The minimum Gasteiger partial charge on any atom is -0.495 e. The summed E-state index contributed by atoms with van der Waals surface area (Å²) in [6.45, 7) is 3.39. The van der Waals surface area contributed by atoms with E-state index in [0.29, 0.717) is 24.5 Å². The molecule has 10 nitrogen and oxygen atoms in total. The summed E-state index contributed by atoms with van der Waals surface area (Å²) in [4.78, 5) is 14.6. The number of piperazine rings is 1. The highest BCUT2D eigenvalue weighted by Gasteiger charge is 2.29. The van der Waals surface area contributed by atoms with Gasteiger partial charge in [-0.2, -0.15) is 4.31 Å².